The fraction of sp³-hybridized carbons (Fsp3) is 0.300. The van der Waals surface area contributed by atoms with Gasteiger partial charge in [-0.3, -0.25) is 0 Å². The molecule has 0 radical (unpaired) electrons. The van der Waals surface area contributed by atoms with E-state index in [-0.39, 0.29) is 0 Å². The smallest absolute Gasteiger partial charge is 0.201 e. The first-order valence-electron chi connectivity index (χ1n) is 8.14. The number of hydrogen-bond donors (Lipinski definition) is 0. The van der Waals surface area contributed by atoms with Crippen LogP contribution in [0.3, 0.4) is 0 Å². The number of hydrogen-bond acceptors (Lipinski definition) is 0. The van der Waals surface area contributed by atoms with Gasteiger partial charge in [0.05, 0.1) is 12.8 Å². The van der Waals surface area contributed by atoms with Crippen molar-refractivity contribution in [2.45, 2.75) is 26.2 Å². The van der Waals surface area contributed by atoms with Gasteiger partial charge in [0.25, 0.3) is 0 Å². The Labute approximate surface area is 132 Å². The van der Waals surface area contributed by atoms with Gasteiger partial charge in [0.1, 0.15) is 20.0 Å². The third kappa shape index (κ3) is 2.02. The van der Waals surface area contributed by atoms with Gasteiger partial charge in [-0.15, -0.1) is 0 Å². The van der Waals surface area contributed by atoms with E-state index in [1.54, 1.807) is 5.71 Å². The van der Waals surface area contributed by atoms with Crippen LogP contribution in [0, 0.1) is 0 Å². The van der Waals surface area contributed by atoms with Gasteiger partial charge in [-0.05, 0) is 6.92 Å². The van der Waals surface area contributed by atoms with Gasteiger partial charge in [0, 0.05) is 23.3 Å². The monoisotopic (exact) mass is 290 g/mol. The summed E-state index contributed by atoms with van der Waals surface area (Å²) in [7, 11) is 2.21. The lowest BCUT2D eigenvalue weighted by molar-refractivity contribution is -0.435. The highest BCUT2D eigenvalue weighted by Crippen LogP contribution is 2.30. The van der Waals surface area contributed by atoms with Crippen LogP contribution in [0.2, 0.25) is 0 Å². The Morgan fingerprint density at radius 2 is 1.41 bits per heavy atom. The molecule has 22 heavy (non-hydrogen) atoms. The molecule has 110 valence electrons. The molecule has 0 atom stereocenters. The average molecular weight is 290 g/mol. The number of para-hydroxylation sites is 2. The second-order valence-corrected chi connectivity index (χ2v) is 6.22. The van der Waals surface area contributed by atoms with Gasteiger partial charge in [-0.1, -0.05) is 36.4 Å². The summed E-state index contributed by atoms with van der Waals surface area (Å²) < 4.78 is 4.89. The highest BCUT2D eigenvalue weighted by Gasteiger charge is 2.34. The van der Waals surface area contributed by atoms with Crippen LogP contribution in [0.25, 0.3) is 0 Å². The summed E-state index contributed by atoms with van der Waals surface area (Å²) in [5.74, 6) is 0. The molecular formula is C20H22N2+2. The highest BCUT2D eigenvalue weighted by atomic mass is 15.1. The van der Waals surface area contributed by atoms with Crippen LogP contribution in [0.1, 0.15) is 24.5 Å². The van der Waals surface area contributed by atoms with Gasteiger partial charge >= 0.3 is 0 Å². The van der Waals surface area contributed by atoms with E-state index in [1.165, 1.54) is 28.2 Å². The topological polar surface area (TPSA) is 6.02 Å². The van der Waals surface area contributed by atoms with Crippen molar-refractivity contribution in [1.29, 1.82) is 0 Å². The molecule has 2 aliphatic rings. The molecule has 0 amide bonds. The van der Waals surface area contributed by atoms with Crippen molar-refractivity contribution in [3.63, 3.8) is 0 Å². The van der Waals surface area contributed by atoms with E-state index >= 15 is 0 Å². The summed E-state index contributed by atoms with van der Waals surface area (Å²) in [4.78, 5) is 0. The van der Waals surface area contributed by atoms with E-state index in [0.717, 1.165) is 25.8 Å². The molecule has 2 aromatic rings. The fourth-order valence-corrected chi connectivity index (χ4v) is 3.87. The minimum absolute atomic E-state index is 1.05. The fourth-order valence-electron chi connectivity index (χ4n) is 3.87. The largest absolute Gasteiger partial charge is 0.208 e. The molecule has 2 aliphatic heterocycles. The van der Waals surface area contributed by atoms with Crippen molar-refractivity contribution in [2.75, 3.05) is 13.6 Å². The van der Waals surface area contributed by atoms with E-state index in [0.29, 0.717) is 0 Å². The molecule has 2 heterocycles. The summed E-state index contributed by atoms with van der Waals surface area (Å²) in [5, 5.41) is 0. The minimum atomic E-state index is 1.05. The molecule has 0 aliphatic carbocycles. The van der Waals surface area contributed by atoms with E-state index in [9.17, 15) is 0 Å². The zero-order chi connectivity index (χ0) is 15.1. The number of fused-ring (bicyclic) bond motifs is 2. The second kappa shape index (κ2) is 5.20. The first-order valence-corrected chi connectivity index (χ1v) is 8.14. The Morgan fingerprint density at radius 3 is 2.09 bits per heavy atom. The molecule has 0 saturated carbocycles. The standard InChI is InChI=1S/C20H22N2/c1-3-22-18(13-16-9-5-7-11-20(16)22)14-17-12-15-8-4-6-10-19(15)21(17)2/h4-11H,3,12-14H2,1-2H3/q+2. The molecule has 2 nitrogen and oxygen atoms in total. The van der Waals surface area contributed by atoms with Crippen molar-refractivity contribution in [3.05, 3.63) is 59.7 Å². The third-order valence-corrected chi connectivity index (χ3v) is 5.00. The molecule has 4 rings (SSSR count). The molecule has 0 spiro atoms. The van der Waals surface area contributed by atoms with Crippen molar-refractivity contribution < 1.29 is 9.15 Å². The quantitative estimate of drug-likeness (QED) is 0.760. The Kier molecular flexibility index (Phi) is 3.18. The van der Waals surface area contributed by atoms with Gasteiger partial charge in [-0.2, -0.15) is 4.58 Å². The van der Waals surface area contributed by atoms with Crippen molar-refractivity contribution in [1.82, 2.24) is 0 Å². The molecule has 0 fully saturated rings. The Hall–Kier alpha value is -2.22. The first-order chi connectivity index (χ1) is 10.8. The molecular weight excluding hydrogens is 268 g/mol. The normalized spacial score (nSPS) is 16.3. The van der Waals surface area contributed by atoms with Crippen LogP contribution in [-0.4, -0.2) is 34.2 Å². The Morgan fingerprint density at radius 1 is 0.818 bits per heavy atom. The van der Waals surface area contributed by atoms with Crippen LogP contribution < -0.4 is 0 Å². The van der Waals surface area contributed by atoms with E-state index in [4.69, 9.17) is 0 Å². The first kappa shape index (κ1) is 13.4. The zero-order valence-corrected chi connectivity index (χ0v) is 13.3. The summed E-state index contributed by atoms with van der Waals surface area (Å²) in [6.07, 6.45) is 3.26. The SMILES string of the molecule is CC[N+]1=C(CC2=[N+](C)c3ccccc3C2)Cc2ccccc21. The maximum Gasteiger partial charge on any atom is 0.208 e. The number of rotatable bonds is 3. The van der Waals surface area contributed by atoms with Crippen LogP contribution >= 0.6 is 0 Å². The average Bonchev–Trinajstić information content (AvgIpc) is 3.06. The molecule has 0 N–H and O–H groups in total. The number of benzene rings is 2. The lowest BCUT2D eigenvalue weighted by Gasteiger charge is -2.00. The van der Waals surface area contributed by atoms with Gasteiger partial charge in [-0.25, -0.2) is 4.58 Å². The van der Waals surface area contributed by atoms with Gasteiger partial charge < -0.3 is 0 Å². The van der Waals surface area contributed by atoms with Crippen LogP contribution in [0.15, 0.2) is 48.5 Å². The van der Waals surface area contributed by atoms with E-state index < -0.39 is 0 Å². The summed E-state index contributed by atoms with van der Waals surface area (Å²) in [6, 6.07) is 17.6. The van der Waals surface area contributed by atoms with Gasteiger partial charge in [0.15, 0.2) is 11.4 Å². The molecule has 2 aromatic carbocycles. The van der Waals surface area contributed by atoms with Crippen molar-refractivity contribution in [2.24, 2.45) is 0 Å². The third-order valence-electron chi connectivity index (χ3n) is 5.00. The lowest BCUT2D eigenvalue weighted by atomic mass is 10.0. The van der Waals surface area contributed by atoms with Crippen LogP contribution in [-0.2, 0) is 12.8 Å². The molecule has 2 heteroatoms. The van der Waals surface area contributed by atoms with Crippen LogP contribution in [0.4, 0.5) is 11.4 Å². The van der Waals surface area contributed by atoms with Crippen molar-refractivity contribution in [3.8, 4) is 0 Å². The summed E-state index contributed by atoms with van der Waals surface area (Å²) in [6.45, 7) is 3.30. The predicted molar refractivity (Wildman–Crippen MR) is 91.2 cm³/mol. The maximum absolute atomic E-state index is 2.50. The van der Waals surface area contributed by atoms with E-state index in [2.05, 4.69) is 71.7 Å². The highest BCUT2D eigenvalue weighted by molar-refractivity contribution is 6.04. The molecule has 0 bridgehead atoms. The van der Waals surface area contributed by atoms with Gasteiger partial charge in [0.2, 0.25) is 11.4 Å². The molecule has 0 aromatic heterocycles. The Balaban J connectivity index is 1.67. The summed E-state index contributed by atoms with van der Waals surface area (Å²) in [5.41, 5.74) is 8.76. The minimum Gasteiger partial charge on any atom is -0.201 e. The van der Waals surface area contributed by atoms with Crippen LogP contribution in [0.5, 0.6) is 0 Å². The predicted octanol–water partition coefficient (Wildman–Crippen LogP) is 3.71. The lowest BCUT2D eigenvalue weighted by Crippen LogP contribution is -2.20. The Bertz CT molecular complexity index is 812. The zero-order valence-electron chi connectivity index (χ0n) is 13.3. The molecule has 0 saturated heterocycles. The van der Waals surface area contributed by atoms with Crippen molar-refractivity contribution >= 4 is 22.8 Å². The maximum atomic E-state index is 2.50. The summed E-state index contributed by atoms with van der Waals surface area (Å²) >= 11 is 0. The number of nitrogens with zero attached hydrogens (tertiary/aromatic N) is 2. The second-order valence-electron chi connectivity index (χ2n) is 6.22. The molecule has 0 unspecified atom stereocenters. The van der Waals surface area contributed by atoms with E-state index in [1.807, 2.05) is 0 Å².